The van der Waals surface area contributed by atoms with Crippen LogP contribution in [0.4, 0.5) is 0 Å². The third-order valence-electron chi connectivity index (χ3n) is 2.19. The van der Waals surface area contributed by atoms with Gasteiger partial charge in [-0.25, -0.2) is 0 Å². The monoisotopic (exact) mass is 306 g/mol. The van der Waals surface area contributed by atoms with Gasteiger partial charge >= 0.3 is 5.97 Å². The lowest BCUT2D eigenvalue weighted by atomic mass is 10.1. The molecule has 0 radical (unpaired) electrons. The summed E-state index contributed by atoms with van der Waals surface area (Å²) in [6.07, 6.45) is 0. The molecule has 0 bridgehead atoms. The summed E-state index contributed by atoms with van der Waals surface area (Å²) < 4.78 is 0. The second-order valence-corrected chi connectivity index (χ2v) is 5.55. The summed E-state index contributed by atoms with van der Waals surface area (Å²) in [5.41, 5.74) is 0.412. The first kappa shape index (κ1) is 15.3. The number of halogens is 2. The molecule has 0 aliphatic heterocycles. The largest absolute Gasteiger partial charge is 0.480 e. The minimum absolute atomic E-state index is 0.317. The van der Waals surface area contributed by atoms with Crippen LogP contribution in [-0.4, -0.2) is 39.1 Å². The Balaban J connectivity index is 2.80. The molecule has 1 rings (SSSR count). The fraction of sp³-hybridized carbons (Fsp3) is 0.333. The fourth-order valence-electron chi connectivity index (χ4n) is 1.35. The number of hydrogen-bond donors (Lipinski definition) is 1. The second kappa shape index (κ2) is 7.67. The number of aliphatic carboxylic acids is 1. The molecule has 0 amide bonds. The van der Waals surface area contributed by atoms with E-state index in [1.807, 2.05) is 0 Å². The number of benzene rings is 1. The van der Waals surface area contributed by atoms with E-state index in [1.54, 1.807) is 30.3 Å². The molecular formula is C12H12Cl2O3S. The van der Waals surface area contributed by atoms with E-state index in [-0.39, 0.29) is 5.78 Å². The number of hydrogen-bond acceptors (Lipinski definition) is 3. The molecule has 0 aliphatic carbocycles. The predicted octanol–water partition coefficient (Wildman–Crippen LogP) is 2.90. The van der Waals surface area contributed by atoms with E-state index in [0.717, 1.165) is 11.8 Å². The van der Waals surface area contributed by atoms with Crippen LogP contribution in [0.2, 0.25) is 0 Å². The maximum absolute atomic E-state index is 12.0. The van der Waals surface area contributed by atoms with E-state index >= 15 is 0 Å². The number of carbonyl (C=O) groups excluding carboxylic acids is 1. The molecule has 0 unspecified atom stereocenters. The summed E-state index contributed by atoms with van der Waals surface area (Å²) in [7, 11) is 0. The average molecular weight is 307 g/mol. The molecule has 0 spiro atoms. The van der Waals surface area contributed by atoms with Gasteiger partial charge in [0.1, 0.15) is 10.6 Å². The summed E-state index contributed by atoms with van der Waals surface area (Å²) in [6, 6.07) is 8.42. The van der Waals surface area contributed by atoms with Crippen molar-refractivity contribution in [1.82, 2.24) is 0 Å². The van der Waals surface area contributed by atoms with Crippen molar-refractivity contribution < 1.29 is 14.7 Å². The number of carboxylic acids is 1. The fourth-order valence-corrected chi connectivity index (χ4v) is 2.85. The smallest absolute Gasteiger partial charge is 0.318 e. The van der Waals surface area contributed by atoms with E-state index in [0.29, 0.717) is 17.2 Å². The lowest BCUT2D eigenvalue weighted by Gasteiger charge is -2.16. The second-order valence-electron chi connectivity index (χ2n) is 3.45. The van der Waals surface area contributed by atoms with Gasteiger partial charge in [0.05, 0.1) is 0 Å². The Kier molecular flexibility index (Phi) is 6.54. The number of Topliss-reactive ketones (excluding diaryl/α,β-unsaturated/α-hetero) is 1. The van der Waals surface area contributed by atoms with Crippen LogP contribution in [-0.2, 0) is 4.79 Å². The normalized spacial score (nSPS) is 13.9. The molecule has 1 aromatic rings. The van der Waals surface area contributed by atoms with Crippen LogP contribution in [0.3, 0.4) is 0 Å². The van der Waals surface area contributed by atoms with Crippen molar-refractivity contribution >= 4 is 46.7 Å². The van der Waals surface area contributed by atoms with Gasteiger partial charge in [0.15, 0.2) is 5.78 Å². The minimum Gasteiger partial charge on any atom is -0.480 e. The molecule has 0 aliphatic rings. The Hall–Kier alpha value is -0.710. The molecule has 0 saturated heterocycles. The zero-order valence-electron chi connectivity index (χ0n) is 9.38. The van der Waals surface area contributed by atoms with E-state index in [1.165, 1.54) is 0 Å². The minimum atomic E-state index is -1.10. The van der Waals surface area contributed by atoms with Gasteiger partial charge in [-0.3, -0.25) is 9.59 Å². The van der Waals surface area contributed by atoms with Crippen LogP contribution < -0.4 is 0 Å². The Morgan fingerprint density at radius 1 is 1.28 bits per heavy atom. The molecule has 2 atom stereocenters. The van der Waals surface area contributed by atoms with Crippen molar-refractivity contribution in [3.8, 4) is 0 Å². The molecule has 18 heavy (non-hydrogen) atoms. The van der Waals surface area contributed by atoms with Gasteiger partial charge in [0, 0.05) is 17.2 Å². The van der Waals surface area contributed by atoms with Gasteiger partial charge in [-0.05, 0) is 0 Å². The van der Waals surface area contributed by atoms with Crippen molar-refractivity contribution in [1.29, 1.82) is 0 Å². The molecule has 6 heteroatoms. The SMILES string of the molecule is O=C(O)[C@@H](SCCCl)[C@@H](Cl)C(=O)c1ccccc1. The summed E-state index contributed by atoms with van der Waals surface area (Å²) >= 11 is 12.6. The number of carboxylic acid groups (broad SMARTS) is 1. The molecule has 1 N–H and O–H groups in total. The van der Waals surface area contributed by atoms with Gasteiger partial charge in [0.2, 0.25) is 0 Å². The van der Waals surface area contributed by atoms with Crippen molar-refractivity contribution in [2.24, 2.45) is 0 Å². The van der Waals surface area contributed by atoms with Crippen LogP contribution in [0, 0.1) is 0 Å². The highest BCUT2D eigenvalue weighted by atomic mass is 35.5. The lowest BCUT2D eigenvalue weighted by Crippen LogP contribution is -2.34. The van der Waals surface area contributed by atoms with E-state index in [9.17, 15) is 9.59 Å². The number of rotatable bonds is 7. The summed E-state index contributed by atoms with van der Waals surface area (Å²) in [4.78, 5) is 23.1. The summed E-state index contributed by atoms with van der Waals surface area (Å²) in [6.45, 7) is 0. The molecule has 0 heterocycles. The predicted molar refractivity (Wildman–Crippen MR) is 75.0 cm³/mol. The van der Waals surface area contributed by atoms with Crippen molar-refractivity contribution in [2.45, 2.75) is 10.6 Å². The van der Waals surface area contributed by atoms with Crippen LogP contribution in [0.1, 0.15) is 10.4 Å². The summed E-state index contributed by atoms with van der Waals surface area (Å²) in [5.74, 6) is -0.734. The Labute approximate surface area is 119 Å². The lowest BCUT2D eigenvalue weighted by molar-refractivity contribution is -0.136. The van der Waals surface area contributed by atoms with Gasteiger partial charge in [-0.1, -0.05) is 30.3 Å². The highest BCUT2D eigenvalue weighted by molar-refractivity contribution is 8.00. The maximum atomic E-state index is 12.0. The molecule has 0 fully saturated rings. The Morgan fingerprint density at radius 3 is 2.39 bits per heavy atom. The molecular weight excluding hydrogens is 295 g/mol. The van der Waals surface area contributed by atoms with E-state index in [2.05, 4.69) is 0 Å². The first-order valence-corrected chi connectivity index (χ1v) is 7.23. The zero-order chi connectivity index (χ0) is 13.5. The molecule has 0 aromatic heterocycles. The average Bonchev–Trinajstić information content (AvgIpc) is 2.38. The van der Waals surface area contributed by atoms with Gasteiger partial charge in [0.25, 0.3) is 0 Å². The van der Waals surface area contributed by atoms with Crippen molar-refractivity contribution in [3.05, 3.63) is 35.9 Å². The van der Waals surface area contributed by atoms with Gasteiger partial charge in [-0.15, -0.1) is 35.0 Å². The number of thioether (sulfide) groups is 1. The third kappa shape index (κ3) is 4.19. The van der Waals surface area contributed by atoms with Crippen molar-refractivity contribution in [2.75, 3.05) is 11.6 Å². The van der Waals surface area contributed by atoms with Crippen LogP contribution in [0.15, 0.2) is 30.3 Å². The van der Waals surface area contributed by atoms with Crippen LogP contribution in [0.5, 0.6) is 0 Å². The number of ketones is 1. The Bertz CT molecular complexity index is 411. The highest BCUT2D eigenvalue weighted by Crippen LogP contribution is 2.23. The molecule has 1 aromatic carbocycles. The maximum Gasteiger partial charge on any atom is 0.318 e. The topological polar surface area (TPSA) is 54.4 Å². The molecule has 3 nitrogen and oxygen atoms in total. The van der Waals surface area contributed by atoms with Crippen LogP contribution in [0.25, 0.3) is 0 Å². The summed E-state index contributed by atoms with van der Waals surface area (Å²) in [5, 5.41) is 6.98. The van der Waals surface area contributed by atoms with Crippen LogP contribution >= 0.6 is 35.0 Å². The standard InChI is InChI=1S/C12H12Cl2O3S/c13-6-7-18-11(12(16)17)9(14)10(15)8-4-2-1-3-5-8/h1-5,9,11H,6-7H2,(H,16,17)/t9-,11-/m0/s1. The molecule has 98 valence electrons. The van der Waals surface area contributed by atoms with Crippen molar-refractivity contribution in [3.63, 3.8) is 0 Å². The number of carbonyl (C=O) groups is 2. The van der Waals surface area contributed by atoms with E-state index < -0.39 is 16.6 Å². The first-order valence-electron chi connectivity index (χ1n) is 5.21. The highest BCUT2D eigenvalue weighted by Gasteiger charge is 2.32. The van der Waals surface area contributed by atoms with E-state index in [4.69, 9.17) is 28.3 Å². The quantitative estimate of drug-likeness (QED) is 0.621. The van der Waals surface area contributed by atoms with Gasteiger partial charge in [-0.2, -0.15) is 0 Å². The zero-order valence-corrected chi connectivity index (χ0v) is 11.7. The van der Waals surface area contributed by atoms with Gasteiger partial charge < -0.3 is 5.11 Å². The first-order chi connectivity index (χ1) is 8.57. The molecule has 0 saturated carbocycles. The Morgan fingerprint density at radius 2 is 1.89 bits per heavy atom. The number of alkyl halides is 2. The third-order valence-corrected chi connectivity index (χ3v) is 4.48.